The Hall–Kier alpha value is -1.99. The number of nitrogens with zero attached hydrogens (tertiary/aromatic N) is 4. The van der Waals surface area contributed by atoms with Crippen molar-refractivity contribution in [3.8, 4) is 10.8 Å². The molecule has 4 heterocycles. The van der Waals surface area contributed by atoms with E-state index < -0.39 is 0 Å². The van der Waals surface area contributed by atoms with Crippen molar-refractivity contribution in [3.63, 3.8) is 0 Å². The number of oxazole rings is 1. The molecule has 1 fully saturated rings. The van der Waals surface area contributed by atoms with E-state index in [1.165, 1.54) is 5.56 Å². The molecule has 0 aromatic carbocycles. The molecule has 0 spiro atoms. The van der Waals surface area contributed by atoms with Crippen LogP contribution in [0.3, 0.4) is 0 Å². The van der Waals surface area contributed by atoms with Gasteiger partial charge in [0.05, 0.1) is 10.6 Å². The van der Waals surface area contributed by atoms with Crippen molar-refractivity contribution >= 4 is 11.3 Å². The first-order valence-corrected chi connectivity index (χ1v) is 9.99. The predicted octanol–water partition coefficient (Wildman–Crippen LogP) is 4.17. The van der Waals surface area contributed by atoms with Gasteiger partial charge in [-0.1, -0.05) is 5.16 Å². The lowest BCUT2D eigenvalue weighted by Crippen LogP contribution is -2.34. The minimum Gasteiger partial charge on any atom is -0.440 e. The van der Waals surface area contributed by atoms with Crippen LogP contribution in [0.15, 0.2) is 20.4 Å². The lowest BCUT2D eigenvalue weighted by molar-refractivity contribution is 0.173. The molecular formula is C19H24N4O2S. The summed E-state index contributed by atoms with van der Waals surface area (Å²) in [6.45, 7) is 8.95. The number of thiophene rings is 1. The first kappa shape index (κ1) is 17.4. The average Bonchev–Trinajstić information content (AvgIpc) is 3.31. The minimum atomic E-state index is 0.631. The van der Waals surface area contributed by atoms with Gasteiger partial charge in [-0.2, -0.15) is 4.98 Å². The zero-order valence-corrected chi connectivity index (χ0v) is 16.3. The molecule has 7 heteroatoms. The molecule has 0 radical (unpaired) electrons. The molecule has 1 aliphatic rings. The zero-order chi connectivity index (χ0) is 18.1. The van der Waals surface area contributed by atoms with Crippen LogP contribution in [0.25, 0.3) is 10.8 Å². The van der Waals surface area contributed by atoms with Crippen LogP contribution in [0, 0.1) is 26.7 Å². The molecular weight excluding hydrogens is 348 g/mol. The van der Waals surface area contributed by atoms with Gasteiger partial charge in [0.1, 0.15) is 5.76 Å². The Balaban J connectivity index is 1.34. The molecule has 138 valence electrons. The Morgan fingerprint density at radius 3 is 2.65 bits per heavy atom. The van der Waals surface area contributed by atoms with Gasteiger partial charge in [0.25, 0.3) is 0 Å². The van der Waals surface area contributed by atoms with Crippen LogP contribution in [-0.4, -0.2) is 33.1 Å². The first-order valence-electron chi connectivity index (χ1n) is 9.11. The van der Waals surface area contributed by atoms with Crippen LogP contribution in [-0.2, 0) is 13.0 Å². The summed E-state index contributed by atoms with van der Waals surface area (Å²) in [4.78, 5) is 12.7. The highest BCUT2D eigenvalue weighted by Gasteiger charge is 2.23. The van der Waals surface area contributed by atoms with Crippen molar-refractivity contribution < 1.29 is 8.94 Å². The number of rotatable bonds is 5. The van der Waals surface area contributed by atoms with E-state index in [2.05, 4.69) is 33.4 Å². The van der Waals surface area contributed by atoms with Crippen LogP contribution in [0.5, 0.6) is 0 Å². The number of aromatic nitrogens is 3. The van der Waals surface area contributed by atoms with E-state index >= 15 is 0 Å². The maximum Gasteiger partial charge on any atom is 0.237 e. The highest BCUT2D eigenvalue weighted by molar-refractivity contribution is 7.13. The molecule has 0 saturated carbocycles. The van der Waals surface area contributed by atoms with Crippen LogP contribution in [0.4, 0.5) is 0 Å². The standard InChI is InChI=1S/C19H24N4O2S/c1-12-6-9-26-18(12)19-21-16(13(2)24-19)11-23-7-4-15(5-8-23)10-17-20-14(3)25-22-17/h6,9,15H,4-5,7-8,10-11H2,1-3H3. The van der Waals surface area contributed by atoms with Gasteiger partial charge < -0.3 is 8.94 Å². The molecule has 1 saturated heterocycles. The van der Waals surface area contributed by atoms with Crippen molar-refractivity contribution in [1.82, 2.24) is 20.0 Å². The van der Waals surface area contributed by atoms with Gasteiger partial charge in [0.2, 0.25) is 11.8 Å². The third kappa shape index (κ3) is 3.73. The summed E-state index contributed by atoms with van der Waals surface area (Å²) in [5.41, 5.74) is 2.28. The Labute approximate surface area is 157 Å². The van der Waals surface area contributed by atoms with Gasteiger partial charge >= 0.3 is 0 Å². The fraction of sp³-hybridized carbons (Fsp3) is 0.526. The number of hydrogen-bond donors (Lipinski definition) is 0. The van der Waals surface area contributed by atoms with Crippen molar-refractivity contribution in [2.75, 3.05) is 13.1 Å². The fourth-order valence-electron chi connectivity index (χ4n) is 3.51. The van der Waals surface area contributed by atoms with Crippen LogP contribution >= 0.6 is 11.3 Å². The van der Waals surface area contributed by atoms with Crippen LogP contribution < -0.4 is 0 Å². The summed E-state index contributed by atoms with van der Waals surface area (Å²) in [6, 6.07) is 2.11. The number of hydrogen-bond acceptors (Lipinski definition) is 7. The third-order valence-corrected chi connectivity index (χ3v) is 6.07. The third-order valence-electron chi connectivity index (χ3n) is 5.07. The van der Waals surface area contributed by atoms with Crippen molar-refractivity contribution in [1.29, 1.82) is 0 Å². The molecule has 0 aliphatic carbocycles. The second kappa shape index (κ2) is 7.32. The Kier molecular flexibility index (Phi) is 4.91. The zero-order valence-electron chi connectivity index (χ0n) is 15.5. The molecule has 0 bridgehead atoms. The molecule has 4 rings (SSSR count). The van der Waals surface area contributed by atoms with E-state index in [0.717, 1.165) is 66.9 Å². The van der Waals surface area contributed by atoms with Crippen LogP contribution in [0.2, 0.25) is 0 Å². The quantitative estimate of drug-likeness (QED) is 0.670. The fourth-order valence-corrected chi connectivity index (χ4v) is 4.36. The first-order chi connectivity index (χ1) is 12.6. The molecule has 26 heavy (non-hydrogen) atoms. The molecule has 0 atom stereocenters. The van der Waals surface area contributed by atoms with Gasteiger partial charge in [-0.15, -0.1) is 11.3 Å². The SMILES string of the molecule is Cc1nc(CC2CCN(Cc3nc(-c4sccc4C)oc3C)CC2)no1. The maximum atomic E-state index is 5.93. The molecule has 0 unspecified atom stereocenters. The second-order valence-electron chi connectivity index (χ2n) is 7.11. The molecule has 0 N–H and O–H groups in total. The molecule has 0 amide bonds. The van der Waals surface area contributed by atoms with E-state index in [4.69, 9.17) is 13.9 Å². The van der Waals surface area contributed by atoms with Crippen molar-refractivity contribution in [3.05, 3.63) is 40.2 Å². The van der Waals surface area contributed by atoms with Gasteiger partial charge in [-0.3, -0.25) is 4.90 Å². The monoisotopic (exact) mass is 372 g/mol. The summed E-state index contributed by atoms with van der Waals surface area (Å²) in [5.74, 6) is 3.80. The Morgan fingerprint density at radius 2 is 2.00 bits per heavy atom. The average molecular weight is 372 g/mol. The number of likely N-dealkylation sites (tertiary alicyclic amines) is 1. The van der Waals surface area contributed by atoms with Crippen LogP contribution in [0.1, 0.15) is 41.6 Å². The highest BCUT2D eigenvalue weighted by atomic mass is 32.1. The van der Waals surface area contributed by atoms with E-state index in [1.807, 2.05) is 13.8 Å². The molecule has 3 aromatic heterocycles. The van der Waals surface area contributed by atoms with E-state index in [1.54, 1.807) is 11.3 Å². The lowest BCUT2D eigenvalue weighted by atomic mass is 9.93. The van der Waals surface area contributed by atoms with E-state index in [-0.39, 0.29) is 0 Å². The second-order valence-corrected chi connectivity index (χ2v) is 8.02. The summed E-state index contributed by atoms with van der Waals surface area (Å²) in [5, 5.41) is 6.10. The van der Waals surface area contributed by atoms with E-state index in [0.29, 0.717) is 11.8 Å². The van der Waals surface area contributed by atoms with Gasteiger partial charge in [0.15, 0.2) is 5.82 Å². The summed E-state index contributed by atoms with van der Waals surface area (Å²) in [6.07, 6.45) is 3.22. The number of aryl methyl sites for hydroxylation is 3. The number of piperidine rings is 1. The summed E-state index contributed by atoms with van der Waals surface area (Å²) < 4.78 is 11.0. The van der Waals surface area contributed by atoms with Crippen molar-refractivity contribution in [2.45, 2.75) is 46.6 Å². The normalized spacial score (nSPS) is 16.4. The summed E-state index contributed by atoms with van der Waals surface area (Å²) >= 11 is 1.68. The topological polar surface area (TPSA) is 68.2 Å². The minimum absolute atomic E-state index is 0.631. The molecule has 6 nitrogen and oxygen atoms in total. The molecule has 1 aliphatic heterocycles. The van der Waals surface area contributed by atoms with Gasteiger partial charge in [-0.05, 0) is 62.7 Å². The smallest absolute Gasteiger partial charge is 0.237 e. The van der Waals surface area contributed by atoms with E-state index in [9.17, 15) is 0 Å². The summed E-state index contributed by atoms with van der Waals surface area (Å²) in [7, 11) is 0. The largest absolute Gasteiger partial charge is 0.440 e. The highest BCUT2D eigenvalue weighted by Crippen LogP contribution is 2.30. The molecule has 3 aromatic rings. The van der Waals surface area contributed by atoms with Gasteiger partial charge in [-0.25, -0.2) is 4.98 Å². The lowest BCUT2D eigenvalue weighted by Gasteiger charge is -2.30. The Morgan fingerprint density at radius 1 is 1.19 bits per heavy atom. The predicted molar refractivity (Wildman–Crippen MR) is 100 cm³/mol. The Bertz CT molecular complexity index is 874. The van der Waals surface area contributed by atoms with Gasteiger partial charge in [0, 0.05) is 19.9 Å². The maximum absolute atomic E-state index is 5.93. The van der Waals surface area contributed by atoms with Crippen molar-refractivity contribution in [2.24, 2.45) is 5.92 Å².